The summed E-state index contributed by atoms with van der Waals surface area (Å²) >= 11 is 0. The highest BCUT2D eigenvalue weighted by atomic mass is 16.5. The summed E-state index contributed by atoms with van der Waals surface area (Å²) in [7, 11) is 1.59. The smallest absolute Gasteiger partial charge is 0.328 e. The molecule has 1 atom stereocenters. The number of rotatable bonds is 9. The molecular weight excluding hydrogens is 352 g/mol. The maximum Gasteiger partial charge on any atom is 0.328 e. The van der Waals surface area contributed by atoms with Crippen molar-refractivity contribution < 1.29 is 28.3 Å². The molecule has 8 heteroatoms. The van der Waals surface area contributed by atoms with E-state index < -0.39 is 30.4 Å². The van der Waals surface area contributed by atoms with Crippen molar-refractivity contribution in [3.05, 3.63) is 54.0 Å². The fourth-order valence-electron chi connectivity index (χ4n) is 2.29. The lowest BCUT2D eigenvalue weighted by Gasteiger charge is -2.13. The minimum atomic E-state index is -0.913. The van der Waals surface area contributed by atoms with Gasteiger partial charge in [0.2, 0.25) is 0 Å². The lowest BCUT2D eigenvalue weighted by molar-refractivity contribution is -0.150. The van der Waals surface area contributed by atoms with E-state index in [0.29, 0.717) is 13.0 Å². The maximum atomic E-state index is 11.9. The van der Waals surface area contributed by atoms with E-state index in [-0.39, 0.29) is 5.76 Å². The van der Waals surface area contributed by atoms with E-state index in [4.69, 9.17) is 13.9 Å². The van der Waals surface area contributed by atoms with E-state index in [1.807, 2.05) is 24.3 Å². The van der Waals surface area contributed by atoms with Gasteiger partial charge in [-0.15, -0.1) is 0 Å². The Hall–Kier alpha value is -3.29. The van der Waals surface area contributed by atoms with Crippen LogP contribution in [0.15, 0.2) is 47.1 Å². The Labute approximate surface area is 156 Å². The minimum absolute atomic E-state index is 0.0868. The van der Waals surface area contributed by atoms with Gasteiger partial charge in [0.15, 0.2) is 12.4 Å². The van der Waals surface area contributed by atoms with Crippen molar-refractivity contribution in [2.75, 3.05) is 20.3 Å². The summed E-state index contributed by atoms with van der Waals surface area (Å²) in [5, 5.41) is 5.10. The second-order valence-electron chi connectivity index (χ2n) is 5.69. The fourth-order valence-corrected chi connectivity index (χ4v) is 2.29. The summed E-state index contributed by atoms with van der Waals surface area (Å²) in [5.74, 6) is -0.841. The highest BCUT2D eigenvalue weighted by molar-refractivity contribution is 5.94. The lowest BCUT2D eigenvalue weighted by atomic mass is 10.1. The topological polar surface area (TPSA) is 107 Å². The van der Waals surface area contributed by atoms with E-state index in [1.54, 1.807) is 13.2 Å². The first-order valence-corrected chi connectivity index (χ1v) is 8.41. The third kappa shape index (κ3) is 6.18. The fraction of sp³-hybridized carbons (Fsp3) is 0.316. The molecule has 0 saturated heterocycles. The number of furan rings is 1. The first-order valence-electron chi connectivity index (χ1n) is 8.41. The van der Waals surface area contributed by atoms with Crippen LogP contribution < -0.4 is 15.4 Å². The molecule has 0 unspecified atom stereocenters. The molecular formula is C19H22N2O6. The van der Waals surface area contributed by atoms with Crippen LogP contribution in [0.1, 0.15) is 23.0 Å². The monoisotopic (exact) mass is 374 g/mol. The standard InChI is InChI=1S/C19H22N2O6/c1-13(21-18(23)16-8-5-11-26-16)19(24)27-12-17(22)20-10-9-14-6-3-4-7-15(14)25-2/h3-8,11,13H,9-10,12H2,1-2H3,(H,20,22)(H,21,23)/t13-/m0/s1. The summed E-state index contributed by atoms with van der Waals surface area (Å²) in [6.45, 7) is 1.41. The van der Waals surface area contributed by atoms with Crippen LogP contribution in [0.25, 0.3) is 0 Å². The average Bonchev–Trinajstić information content (AvgIpc) is 3.21. The van der Waals surface area contributed by atoms with Gasteiger partial charge in [-0.05, 0) is 37.1 Å². The van der Waals surface area contributed by atoms with Crippen molar-refractivity contribution in [2.45, 2.75) is 19.4 Å². The van der Waals surface area contributed by atoms with E-state index in [0.717, 1.165) is 11.3 Å². The van der Waals surface area contributed by atoms with Crippen molar-refractivity contribution in [2.24, 2.45) is 0 Å². The summed E-state index contributed by atoms with van der Waals surface area (Å²) in [5.41, 5.74) is 0.964. The van der Waals surface area contributed by atoms with Crippen molar-refractivity contribution >= 4 is 17.8 Å². The SMILES string of the molecule is COc1ccccc1CCNC(=O)COC(=O)[C@H](C)NC(=O)c1ccco1. The molecule has 144 valence electrons. The molecule has 1 aromatic heterocycles. The molecule has 2 aromatic rings. The number of amides is 2. The number of ether oxygens (including phenoxy) is 2. The number of para-hydroxylation sites is 1. The van der Waals surface area contributed by atoms with E-state index in [2.05, 4.69) is 10.6 Å². The predicted octanol–water partition coefficient (Wildman–Crippen LogP) is 1.31. The van der Waals surface area contributed by atoms with Gasteiger partial charge in [-0.25, -0.2) is 4.79 Å². The average molecular weight is 374 g/mol. The normalized spacial score (nSPS) is 11.3. The Bertz CT molecular complexity index is 772. The van der Waals surface area contributed by atoms with Crippen LogP contribution in [0.2, 0.25) is 0 Å². The largest absolute Gasteiger partial charge is 0.496 e. The number of carbonyl (C=O) groups excluding carboxylic acids is 3. The molecule has 1 heterocycles. The van der Waals surface area contributed by atoms with Gasteiger partial charge in [-0.1, -0.05) is 18.2 Å². The number of benzene rings is 1. The molecule has 0 radical (unpaired) electrons. The molecule has 0 spiro atoms. The summed E-state index contributed by atoms with van der Waals surface area (Å²) in [6.07, 6.45) is 1.94. The van der Waals surface area contributed by atoms with Gasteiger partial charge in [0, 0.05) is 6.54 Å². The van der Waals surface area contributed by atoms with Crippen molar-refractivity contribution in [3.8, 4) is 5.75 Å². The highest BCUT2D eigenvalue weighted by Gasteiger charge is 2.20. The second-order valence-corrected chi connectivity index (χ2v) is 5.69. The van der Waals surface area contributed by atoms with Crippen LogP contribution in [0.4, 0.5) is 0 Å². The zero-order valence-electron chi connectivity index (χ0n) is 15.2. The molecule has 2 rings (SSSR count). The third-order valence-electron chi connectivity index (χ3n) is 3.70. The Kier molecular flexibility index (Phi) is 7.42. The summed E-state index contributed by atoms with van der Waals surface area (Å²) < 4.78 is 15.1. The molecule has 2 amide bonds. The molecule has 0 saturated carbocycles. The number of hydrogen-bond donors (Lipinski definition) is 2. The van der Waals surface area contributed by atoms with Crippen LogP contribution in [0.5, 0.6) is 5.75 Å². The molecule has 2 N–H and O–H groups in total. The highest BCUT2D eigenvalue weighted by Crippen LogP contribution is 2.17. The number of carbonyl (C=O) groups is 3. The Morgan fingerprint density at radius 3 is 2.63 bits per heavy atom. The van der Waals surface area contributed by atoms with Crippen LogP contribution in [-0.2, 0) is 20.7 Å². The number of nitrogens with one attached hydrogen (secondary N) is 2. The third-order valence-corrected chi connectivity index (χ3v) is 3.70. The number of methoxy groups -OCH3 is 1. The Morgan fingerprint density at radius 2 is 1.93 bits per heavy atom. The second kappa shape index (κ2) is 10.0. The molecule has 1 aromatic carbocycles. The molecule has 0 bridgehead atoms. The lowest BCUT2D eigenvalue weighted by Crippen LogP contribution is -2.41. The van der Waals surface area contributed by atoms with Crippen molar-refractivity contribution in [1.82, 2.24) is 10.6 Å². The first-order chi connectivity index (χ1) is 13.0. The Morgan fingerprint density at radius 1 is 1.15 bits per heavy atom. The summed E-state index contributed by atoms with van der Waals surface area (Å²) in [6, 6.07) is 9.64. The predicted molar refractivity (Wildman–Crippen MR) is 96.3 cm³/mol. The molecule has 0 aliphatic rings. The van der Waals surface area contributed by atoms with Crippen LogP contribution in [-0.4, -0.2) is 44.1 Å². The number of esters is 1. The molecule has 0 fully saturated rings. The van der Waals surface area contributed by atoms with Gasteiger partial charge in [0.25, 0.3) is 11.8 Å². The maximum absolute atomic E-state index is 11.9. The van der Waals surface area contributed by atoms with E-state index in [9.17, 15) is 14.4 Å². The van der Waals surface area contributed by atoms with E-state index in [1.165, 1.54) is 19.3 Å². The molecule has 27 heavy (non-hydrogen) atoms. The zero-order valence-corrected chi connectivity index (χ0v) is 15.2. The van der Waals surface area contributed by atoms with Gasteiger partial charge in [-0.3, -0.25) is 9.59 Å². The zero-order chi connectivity index (χ0) is 19.6. The Balaban J connectivity index is 1.68. The first kappa shape index (κ1) is 20.0. The molecule has 0 aliphatic carbocycles. The summed E-state index contributed by atoms with van der Waals surface area (Å²) in [4.78, 5) is 35.5. The molecule has 0 aliphatic heterocycles. The molecule has 8 nitrogen and oxygen atoms in total. The van der Waals surface area contributed by atoms with Crippen LogP contribution in [0, 0.1) is 0 Å². The van der Waals surface area contributed by atoms with Gasteiger partial charge >= 0.3 is 5.97 Å². The van der Waals surface area contributed by atoms with Gasteiger partial charge in [0.1, 0.15) is 11.8 Å². The van der Waals surface area contributed by atoms with Crippen molar-refractivity contribution in [3.63, 3.8) is 0 Å². The van der Waals surface area contributed by atoms with Gasteiger partial charge < -0.3 is 24.5 Å². The van der Waals surface area contributed by atoms with Crippen molar-refractivity contribution in [1.29, 1.82) is 0 Å². The number of hydrogen-bond acceptors (Lipinski definition) is 6. The van der Waals surface area contributed by atoms with E-state index >= 15 is 0 Å². The van der Waals surface area contributed by atoms with Crippen LogP contribution in [0.3, 0.4) is 0 Å². The van der Waals surface area contributed by atoms with Crippen LogP contribution >= 0.6 is 0 Å². The van der Waals surface area contributed by atoms with Gasteiger partial charge in [0.05, 0.1) is 13.4 Å². The minimum Gasteiger partial charge on any atom is -0.496 e. The quantitative estimate of drug-likeness (QED) is 0.641. The van der Waals surface area contributed by atoms with Gasteiger partial charge in [-0.2, -0.15) is 0 Å².